The monoisotopic (exact) mass is 525 g/mol. The summed E-state index contributed by atoms with van der Waals surface area (Å²) in [4.78, 5) is 0. The van der Waals surface area contributed by atoms with E-state index in [9.17, 15) is 0 Å². The van der Waals surface area contributed by atoms with Gasteiger partial charge >= 0.3 is 0 Å². The molecule has 0 aromatic heterocycles. The van der Waals surface area contributed by atoms with Gasteiger partial charge < -0.3 is 16.9 Å². The Labute approximate surface area is 198 Å². The van der Waals surface area contributed by atoms with Crippen molar-refractivity contribution in [3.8, 4) is 12.3 Å². The van der Waals surface area contributed by atoms with E-state index in [0.29, 0.717) is 4.05 Å². The number of terminal acetylenes is 1. The lowest BCUT2D eigenvalue weighted by atomic mass is 10.1. The third-order valence-corrected chi connectivity index (χ3v) is 7.70. The predicted octanol–water partition coefficient (Wildman–Crippen LogP) is 5.50. The standard InChI is InChI=1S/C25H49IN.ClH/c1-5-9-11-13-15-17-19-21-23-27(8-4,25(26)7-3)24-22-20-18-16-14-12-10-6-2;/h3,25H,5-6,8-24H2,1-2,4H3;1H/q+1;/p-1. The van der Waals surface area contributed by atoms with E-state index in [4.69, 9.17) is 6.42 Å². The average Bonchev–Trinajstić information content (AvgIpc) is 2.69. The zero-order chi connectivity index (χ0) is 20.2. The van der Waals surface area contributed by atoms with E-state index in [1.807, 2.05) is 0 Å². The third-order valence-electron chi connectivity index (χ3n) is 6.16. The number of rotatable bonds is 20. The van der Waals surface area contributed by atoms with Gasteiger partial charge in [0, 0.05) is 22.6 Å². The summed E-state index contributed by atoms with van der Waals surface area (Å²) in [6.45, 7) is 10.7. The van der Waals surface area contributed by atoms with Crippen LogP contribution in [0.25, 0.3) is 0 Å². The van der Waals surface area contributed by atoms with Gasteiger partial charge in [0.15, 0.2) is 0 Å². The molecule has 0 aromatic rings. The lowest BCUT2D eigenvalue weighted by molar-refractivity contribution is -0.925. The molecule has 0 aliphatic rings. The van der Waals surface area contributed by atoms with Gasteiger partial charge in [-0.2, -0.15) is 0 Å². The second-order valence-corrected chi connectivity index (χ2v) is 9.61. The third kappa shape index (κ3) is 15.4. The highest BCUT2D eigenvalue weighted by Crippen LogP contribution is 2.23. The molecule has 0 amide bonds. The van der Waals surface area contributed by atoms with E-state index in [0.717, 1.165) is 4.48 Å². The number of unbranched alkanes of at least 4 members (excludes halogenated alkanes) is 14. The van der Waals surface area contributed by atoms with Crippen molar-refractivity contribution in [1.82, 2.24) is 0 Å². The van der Waals surface area contributed by atoms with Gasteiger partial charge in [-0.3, -0.25) is 0 Å². The second-order valence-electron chi connectivity index (χ2n) is 8.43. The van der Waals surface area contributed by atoms with Crippen molar-refractivity contribution in [3.05, 3.63) is 0 Å². The minimum absolute atomic E-state index is 0. The second kappa shape index (κ2) is 22.2. The Kier molecular flexibility index (Phi) is 24.4. The Morgan fingerprint density at radius 1 is 0.643 bits per heavy atom. The SMILES string of the molecule is C#CC(I)[N+](CC)(CCCCCCCCCC)CCCCCCCCCC.[Cl-]. The smallest absolute Gasteiger partial charge is 0.200 e. The first-order valence-electron chi connectivity index (χ1n) is 12.1. The van der Waals surface area contributed by atoms with Gasteiger partial charge in [-0.15, -0.1) is 6.42 Å². The summed E-state index contributed by atoms with van der Waals surface area (Å²) >= 11 is 2.52. The van der Waals surface area contributed by atoms with Crippen molar-refractivity contribution in [1.29, 1.82) is 0 Å². The van der Waals surface area contributed by atoms with E-state index in [1.165, 1.54) is 122 Å². The molecule has 0 saturated carbocycles. The number of alkyl halides is 1. The van der Waals surface area contributed by atoms with Crippen molar-refractivity contribution in [2.45, 2.75) is 128 Å². The molecule has 0 fully saturated rings. The fraction of sp³-hybridized carbons (Fsp3) is 0.920. The molecule has 0 radical (unpaired) electrons. The van der Waals surface area contributed by atoms with Gasteiger partial charge in [0.25, 0.3) is 0 Å². The van der Waals surface area contributed by atoms with Crippen molar-refractivity contribution in [3.63, 3.8) is 0 Å². The highest BCUT2D eigenvalue weighted by Gasteiger charge is 2.31. The van der Waals surface area contributed by atoms with Crippen molar-refractivity contribution in [2.24, 2.45) is 0 Å². The molecule has 0 rings (SSSR count). The number of nitrogens with zero attached hydrogens (tertiary/aromatic N) is 1. The Balaban J connectivity index is 0. The van der Waals surface area contributed by atoms with Crippen LogP contribution in [0.4, 0.5) is 0 Å². The van der Waals surface area contributed by atoms with Crippen LogP contribution in [-0.4, -0.2) is 28.2 Å². The van der Waals surface area contributed by atoms with Gasteiger partial charge in [-0.05, 0) is 38.5 Å². The van der Waals surface area contributed by atoms with Crippen molar-refractivity contribution < 1.29 is 16.9 Å². The van der Waals surface area contributed by atoms with E-state index in [2.05, 4.69) is 49.3 Å². The summed E-state index contributed by atoms with van der Waals surface area (Å²) in [7, 11) is 0. The van der Waals surface area contributed by atoms with E-state index in [-0.39, 0.29) is 12.4 Å². The first-order chi connectivity index (χ1) is 13.2. The fourth-order valence-electron chi connectivity index (χ4n) is 4.09. The van der Waals surface area contributed by atoms with Crippen LogP contribution in [0.2, 0.25) is 0 Å². The Hall–Kier alpha value is 0.540. The summed E-state index contributed by atoms with van der Waals surface area (Å²) < 4.78 is 1.48. The largest absolute Gasteiger partial charge is 1.00 e. The molecule has 1 unspecified atom stereocenters. The molecule has 0 aromatic carbocycles. The molecule has 168 valence electrons. The van der Waals surface area contributed by atoms with Crippen molar-refractivity contribution in [2.75, 3.05) is 19.6 Å². The summed E-state index contributed by atoms with van der Waals surface area (Å²) in [5.41, 5.74) is 0. The maximum atomic E-state index is 5.86. The molecule has 0 bridgehead atoms. The quantitative estimate of drug-likeness (QED) is 0.0491. The fourth-order valence-corrected chi connectivity index (χ4v) is 5.05. The lowest BCUT2D eigenvalue weighted by Gasteiger charge is -2.40. The number of halogens is 2. The lowest BCUT2D eigenvalue weighted by Crippen LogP contribution is -3.00. The molecule has 0 aliphatic heterocycles. The molecule has 28 heavy (non-hydrogen) atoms. The van der Waals surface area contributed by atoms with Gasteiger partial charge in [-0.1, -0.05) is 90.9 Å². The molecular weight excluding hydrogens is 477 g/mol. The molecule has 1 nitrogen and oxygen atoms in total. The van der Waals surface area contributed by atoms with Crippen LogP contribution >= 0.6 is 22.6 Å². The molecule has 0 heterocycles. The van der Waals surface area contributed by atoms with Crippen LogP contribution in [0.1, 0.15) is 124 Å². The Morgan fingerprint density at radius 3 is 1.25 bits per heavy atom. The summed E-state index contributed by atoms with van der Waals surface area (Å²) in [6.07, 6.45) is 28.2. The molecule has 0 saturated heterocycles. The van der Waals surface area contributed by atoms with Crippen LogP contribution in [0, 0.1) is 12.3 Å². The van der Waals surface area contributed by atoms with E-state index in [1.54, 1.807) is 0 Å². The minimum atomic E-state index is 0. The van der Waals surface area contributed by atoms with Gasteiger partial charge in [0.1, 0.15) is 0 Å². The van der Waals surface area contributed by atoms with Crippen LogP contribution < -0.4 is 12.4 Å². The maximum Gasteiger partial charge on any atom is 0.200 e. The van der Waals surface area contributed by atoms with E-state index >= 15 is 0 Å². The molecule has 3 heteroatoms. The van der Waals surface area contributed by atoms with Crippen LogP contribution in [-0.2, 0) is 0 Å². The normalized spacial score (nSPS) is 12.4. The van der Waals surface area contributed by atoms with Gasteiger partial charge in [0.05, 0.1) is 19.6 Å². The molecule has 0 N–H and O–H groups in total. The van der Waals surface area contributed by atoms with Crippen molar-refractivity contribution >= 4 is 22.6 Å². The molecule has 0 aliphatic carbocycles. The first kappa shape index (κ1) is 30.7. The van der Waals surface area contributed by atoms with Crippen LogP contribution in [0.5, 0.6) is 0 Å². The topological polar surface area (TPSA) is 0 Å². The highest BCUT2D eigenvalue weighted by atomic mass is 127. The summed E-state index contributed by atoms with van der Waals surface area (Å²) in [5.74, 6) is 3.07. The number of hydrogen-bond acceptors (Lipinski definition) is 0. The summed E-state index contributed by atoms with van der Waals surface area (Å²) in [6, 6.07) is 0. The summed E-state index contributed by atoms with van der Waals surface area (Å²) in [5, 5.41) is 0. The van der Waals surface area contributed by atoms with Gasteiger partial charge in [0.2, 0.25) is 4.05 Å². The Bertz CT molecular complexity index is 333. The minimum Gasteiger partial charge on any atom is -1.00 e. The molecular formula is C25H49ClIN. The van der Waals surface area contributed by atoms with Gasteiger partial charge in [-0.25, -0.2) is 0 Å². The zero-order valence-electron chi connectivity index (χ0n) is 19.3. The molecule has 0 spiro atoms. The van der Waals surface area contributed by atoms with E-state index < -0.39 is 0 Å². The number of hydrogen-bond donors (Lipinski definition) is 0. The average molecular weight is 526 g/mol. The predicted molar refractivity (Wildman–Crippen MR) is 132 cm³/mol. The molecule has 1 atom stereocenters. The first-order valence-corrected chi connectivity index (χ1v) is 13.4. The zero-order valence-corrected chi connectivity index (χ0v) is 22.2. The highest BCUT2D eigenvalue weighted by molar-refractivity contribution is 14.1. The van der Waals surface area contributed by atoms with Crippen LogP contribution in [0.3, 0.4) is 0 Å². The Morgan fingerprint density at radius 2 is 0.964 bits per heavy atom. The van der Waals surface area contributed by atoms with Crippen LogP contribution in [0.15, 0.2) is 0 Å². The maximum absolute atomic E-state index is 5.86. The number of quaternary nitrogens is 1.